The maximum atomic E-state index is 5.94. The standard InChI is InChI=1S/C15H25N3/c16-15(17-9-12-2-1-3-12)18-10-14-8-11-4-6-13(14)7-5-11/h4,6,11-14H,1-3,5,7-10H2,(H3,16,17,18). The third-order valence-electron chi connectivity index (χ3n) is 5.00. The molecule has 4 aliphatic rings. The minimum absolute atomic E-state index is 0.660. The number of rotatable bonds is 4. The summed E-state index contributed by atoms with van der Waals surface area (Å²) in [6.45, 7) is 1.93. The average Bonchev–Trinajstić information content (AvgIpc) is 2.36. The molecular formula is C15H25N3. The summed E-state index contributed by atoms with van der Waals surface area (Å²) in [5.74, 6) is 3.84. The molecule has 0 radical (unpaired) electrons. The summed E-state index contributed by atoms with van der Waals surface area (Å²) in [4.78, 5) is 4.46. The third-order valence-corrected chi connectivity index (χ3v) is 5.00. The Morgan fingerprint density at radius 3 is 2.67 bits per heavy atom. The smallest absolute Gasteiger partial charge is 0.188 e. The Bertz CT molecular complexity index is 344. The first-order valence-electron chi connectivity index (χ1n) is 7.53. The minimum Gasteiger partial charge on any atom is -0.370 e. The maximum absolute atomic E-state index is 5.94. The van der Waals surface area contributed by atoms with Crippen molar-refractivity contribution in [2.75, 3.05) is 13.1 Å². The van der Waals surface area contributed by atoms with Gasteiger partial charge in [-0.25, -0.2) is 0 Å². The van der Waals surface area contributed by atoms with Crippen molar-refractivity contribution in [1.82, 2.24) is 5.32 Å². The van der Waals surface area contributed by atoms with Crippen molar-refractivity contribution < 1.29 is 0 Å². The van der Waals surface area contributed by atoms with E-state index in [4.69, 9.17) is 5.73 Å². The molecule has 2 fully saturated rings. The van der Waals surface area contributed by atoms with E-state index in [1.165, 1.54) is 38.5 Å². The summed E-state index contributed by atoms with van der Waals surface area (Å²) < 4.78 is 0. The number of nitrogens with zero attached hydrogens (tertiary/aromatic N) is 1. The number of guanidine groups is 1. The second-order valence-corrected chi connectivity index (χ2v) is 6.29. The molecule has 18 heavy (non-hydrogen) atoms. The highest BCUT2D eigenvalue weighted by molar-refractivity contribution is 5.77. The molecule has 0 heterocycles. The van der Waals surface area contributed by atoms with Gasteiger partial charge < -0.3 is 11.1 Å². The van der Waals surface area contributed by atoms with Gasteiger partial charge in [-0.05, 0) is 55.8 Å². The van der Waals surface area contributed by atoms with Crippen molar-refractivity contribution in [2.24, 2.45) is 34.4 Å². The van der Waals surface area contributed by atoms with Crippen molar-refractivity contribution >= 4 is 5.96 Å². The molecule has 3 heteroatoms. The lowest BCUT2D eigenvalue weighted by atomic mass is 9.69. The topological polar surface area (TPSA) is 50.4 Å². The molecule has 3 nitrogen and oxygen atoms in total. The largest absolute Gasteiger partial charge is 0.370 e. The van der Waals surface area contributed by atoms with Crippen molar-refractivity contribution in [1.29, 1.82) is 0 Å². The zero-order valence-electron chi connectivity index (χ0n) is 11.1. The Labute approximate surface area is 110 Å². The van der Waals surface area contributed by atoms with Crippen LogP contribution in [0.1, 0.15) is 38.5 Å². The van der Waals surface area contributed by atoms with Crippen molar-refractivity contribution in [3.8, 4) is 0 Å². The van der Waals surface area contributed by atoms with Crippen LogP contribution in [-0.4, -0.2) is 19.0 Å². The van der Waals surface area contributed by atoms with Crippen LogP contribution in [0.4, 0.5) is 0 Å². The van der Waals surface area contributed by atoms with E-state index in [2.05, 4.69) is 22.5 Å². The molecule has 2 bridgehead atoms. The van der Waals surface area contributed by atoms with Crippen LogP contribution in [0.15, 0.2) is 17.1 Å². The fourth-order valence-electron chi connectivity index (χ4n) is 3.48. The number of aliphatic imine (C=N–C) groups is 1. The van der Waals surface area contributed by atoms with Crippen LogP contribution in [0.3, 0.4) is 0 Å². The number of nitrogens with two attached hydrogens (primary N) is 1. The molecule has 4 aliphatic carbocycles. The van der Waals surface area contributed by atoms with E-state index in [1.54, 1.807) is 0 Å². The summed E-state index contributed by atoms with van der Waals surface area (Å²) in [5.41, 5.74) is 5.94. The monoisotopic (exact) mass is 247 g/mol. The van der Waals surface area contributed by atoms with E-state index in [-0.39, 0.29) is 0 Å². The van der Waals surface area contributed by atoms with Crippen LogP contribution in [-0.2, 0) is 0 Å². The highest BCUT2D eigenvalue weighted by Gasteiger charge is 2.31. The van der Waals surface area contributed by atoms with Gasteiger partial charge in [0.2, 0.25) is 0 Å². The predicted molar refractivity (Wildman–Crippen MR) is 75.3 cm³/mol. The highest BCUT2D eigenvalue weighted by atomic mass is 15.1. The first kappa shape index (κ1) is 12.1. The number of hydrogen-bond acceptors (Lipinski definition) is 1. The van der Waals surface area contributed by atoms with Gasteiger partial charge in [-0.3, -0.25) is 4.99 Å². The number of nitrogens with one attached hydrogen (secondary N) is 1. The molecule has 3 N–H and O–H groups in total. The normalized spacial score (nSPS) is 35.6. The number of fused-ring (bicyclic) bond motifs is 2. The molecule has 0 amide bonds. The quantitative estimate of drug-likeness (QED) is 0.455. The molecule has 3 atom stereocenters. The Kier molecular flexibility index (Phi) is 3.57. The molecule has 0 aliphatic heterocycles. The molecule has 0 aromatic carbocycles. The molecule has 0 aromatic heterocycles. The number of hydrogen-bond donors (Lipinski definition) is 2. The molecular weight excluding hydrogens is 222 g/mol. The van der Waals surface area contributed by atoms with Gasteiger partial charge in [0.1, 0.15) is 0 Å². The van der Waals surface area contributed by atoms with Crippen LogP contribution < -0.4 is 11.1 Å². The minimum atomic E-state index is 0.660. The van der Waals surface area contributed by atoms with E-state index >= 15 is 0 Å². The molecule has 4 rings (SSSR count). The van der Waals surface area contributed by atoms with Crippen LogP contribution in [0, 0.1) is 23.7 Å². The highest BCUT2D eigenvalue weighted by Crippen LogP contribution is 2.39. The van der Waals surface area contributed by atoms with E-state index in [1.807, 2.05) is 0 Å². The van der Waals surface area contributed by atoms with Gasteiger partial charge in [0.15, 0.2) is 5.96 Å². The van der Waals surface area contributed by atoms with Gasteiger partial charge in [0.25, 0.3) is 0 Å². The van der Waals surface area contributed by atoms with Crippen LogP contribution in [0.25, 0.3) is 0 Å². The summed E-state index contributed by atoms with van der Waals surface area (Å²) in [6, 6.07) is 0. The molecule has 100 valence electrons. The number of allylic oxidation sites excluding steroid dienone is 2. The molecule has 0 aromatic rings. The van der Waals surface area contributed by atoms with Gasteiger partial charge in [0.05, 0.1) is 0 Å². The van der Waals surface area contributed by atoms with E-state index in [9.17, 15) is 0 Å². The van der Waals surface area contributed by atoms with Gasteiger partial charge in [0, 0.05) is 13.1 Å². The molecule has 0 saturated heterocycles. The lowest BCUT2D eigenvalue weighted by Gasteiger charge is -2.38. The SMILES string of the molecule is NC(=NCC1CCC1)NCC1CC2C=CC1CC2. The van der Waals surface area contributed by atoms with Crippen LogP contribution in [0.5, 0.6) is 0 Å². The Balaban J connectivity index is 1.42. The summed E-state index contributed by atoms with van der Waals surface area (Å²) in [6.07, 6.45) is 13.0. The zero-order chi connectivity index (χ0) is 12.4. The average molecular weight is 247 g/mol. The predicted octanol–water partition coefficient (Wildman–Crippen LogP) is 2.29. The summed E-state index contributed by atoms with van der Waals surface area (Å²) >= 11 is 0. The van der Waals surface area contributed by atoms with E-state index < -0.39 is 0 Å². The maximum Gasteiger partial charge on any atom is 0.188 e. The fraction of sp³-hybridized carbons (Fsp3) is 0.800. The third kappa shape index (κ3) is 2.70. The van der Waals surface area contributed by atoms with E-state index in [0.29, 0.717) is 5.96 Å². The molecule has 0 spiro atoms. The second-order valence-electron chi connectivity index (χ2n) is 6.29. The van der Waals surface area contributed by atoms with Crippen molar-refractivity contribution in [3.63, 3.8) is 0 Å². The Hall–Kier alpha value is -0.990. The summed E-state index contributed by atoms with van der Waals surface area (Å²) in [5, 5.41) is 3.33. The Morgan fingerprint density at radius 2 is 2.11 bits per heavy atom. The van der Waals surface area contributed by atoms with E-state index in [0.717, 1.165) is 36.8 Å². The molecule has 3 unspecified atom stereocenters. The van der Waals surface area contributed by atoms with Gasteiger partial charge in [-0.1, -0.05) is 18.6 Å². The van der Waals surface area contributed by atoms with Gasteiger partial charge in [-0.15, -0.1) is 0 Å². The molecule has 2 saturated carbocycles. The lowest BCUT2D eigenvalue weighted by Crippen LogP contribution is -2.40. The van der Waals surface area contributed by atoms with Crippen molar-refractivity contribution in [2.45, 2.75) is 38.5 Å². The first-order valence-corrected chi connectivity index (χ1v) is 7.53. The van der Waals surface area contributed by atoms with Crippen molar-refractivity contribution in [3.05, 3.63) is 12.2 Å². The summed E-state index contributed by atoms with van der Waals surface area (Å²) in [7, 11) is 0. The fourth-order valence-corrected chi connectivity index (χ4v) is 3.48. The second kappa shape index (κ2) is 5.33. The van der Waals surface area contributed by atoms with Crippen LogP contribution >= 0.6 is 0 Å². The Morgan fingerprint density at radius 1 is 1.22 bits per heavy atom. The first-order chi connectivity index (χ1) is 8.81. The van der Waals surface area contributed by atoms with Gasteiger partial charge in [-0.2, -0.15) is 0 Å². The van der Waals surface area contributed by atoms with Crippen LogP contribution in [0.2, 0.25) is 0 Å². The zero-order valence-corrected chi connectivity index (χ0v) is 11.1. The van der Waals surface area contributed by atoms with Gasteiger partial charge >= 0.3 is 0 Å². The lowest BCUT2D eigenvalue weighted by molar-refractivity contribution is 0.221.